The van der Waals surface area contributed by atoms with Crippen LogP contribution in [0.2, 0.25) is 5.02 Å². The summed E-state index contributed by atoms with van der Waals surface area (Å²) in [5, 5.41) is 16.5. The molecule has 0 fully saturated rings. The highest BCUT2D eigenvalue weighted by atomic mass is 79.9. The van der Waals surface area contributed by atoms with Crippen molar-refractivity contribution in [3.05, 3.63) is 104 Å². The second kappa shape index (κ2) is 10.9. The topological polar surface area (TPSA) is 103 Å². The predicted molar refractivity (Wildman–Crippen MR) is 151 cm³/mol. The molecule has 1 atom stereocenters. The Balaban J connectivity index is 1.64. The van der Waals surface area contributed by atoms with E-state index in [1.807, 2.05) is 60.7 Å². The number of fused-ring (bicyclic) bond motifs is 1. The molecule has 38 heavy (non-hydrogen) atoms. The molecule has 7 nitrogen and oxygen atoms in total. The molecule has 1 amide bonds. The van der Waals surface area contributed by atoms with E-state index in [-0.39, 0.29) is 30.7 Å². The molecular weight excluding hydrogens is 570 g/mol. The number of nitrogens with zero attached hydrogens (tertiary/aromatic N) is 2. The molecular formula is C29H23BrClN3O4. The van der Waals surface area contributed by atoms with Gasteiger partial charge < -0.3 is 10.1 Å². The zero-order valence-electron chi connectivity index (χ0n) is 20.2. The van der Waals surface area contributed by atoms with Crippen LogP contribution in [0.1, 0.15) is 42.9 Å². The van der Waals surface area contributed by atoms with Gasteiger partial charge in [-0.25, -0.2) is 5.01 Å². The highest BCUT2D eigenvalue weighted by Crippen LogP contribution is 2.37. The molecule has 2 N–H and O–H groups in total. The number of carboxylic acid groups (broad SMARTS) is 1. The number of hydrogen-bond acceptors (Lipinski definition) is 4. The molecule has 1 aliphatic heterocycles. The number of aromatic nitrogens is 1. The molecule has 1 aromatic heterocycles. The van der Waals surface area contributed by atoms with Crippen molar-refractivity contribution in [2.24, 2.45) is 5.10 Å². The van der Waals surface area contributed by atoms with Gasteiger partial charge in [0.2, 0.25) is 5.91 Å². The lowest BCUT2D eigenvalue weighted by Crippen LogP contribution is -2.27. The minimum absolute atomic E-state index is 0.0359. The Bertz CT molecular complexity index is 1610. The van der Waals surface area contributed by atoms with Gasteiger partial charge in [-0.05, 0) is 47.9 Å². The molecule has 5 rings (SSSR count). The summed E-state index contributed by atoms with van der Waals surface area (Å²) < 4.78 is 0.899. The molecule has 1 aliphatic rings. The molecule has 0 bridgehead atoms. The first-order chi connectivity index (χ1) is 18.3. The number of benzene rings is 3. The van der Waals surface area contributed by atoms with Crippen molar-refractivity contribution in [3.63, 3.8) is 0 Å². The number of aliphatic carboxylic acids is 1. The van der Waals surface area contributed by atoms with E-state index in [0.717, 1.165) is 26.5 Å². The van der Waals surface area contributed by atoms with Gasteiger partial charge in [-0.3, -0.25) is 14.4 Å². The summed E-state index contributed by atoms with van der Waals surface area (Å²) in [6.45, 7) is 0. The van der Waals surface area contributed by atoms with Crippen LogP contribution in [0.5, 0.6) is 0 Å². The van der Waals surface area contributed by atoms with E-state index in [0.29, 0.717) is 28.2 Å². The third-order valence-corrected chi connectivity index (χ3v) is 7.33. The second-order valence-corrected chi connectivity index (χ2v) is 10.4. The van der Waals surface area contributed by atoms with Gasteiger partial charge in [0.25, 0.3) is 5.56 Å². The van der Waals surface area contributed by atoms with Crippen molar-refractivity contribution < 1.29 is 14.7 Å². The number of H-pyrrole nitrogens is 1. The molecule has 0 spiro atoms. The van der Waals surface area contributed by atoms with Crippen LogP contribution >= 0.6 is 27.5 Å². The minimum Gasteiger partial charge on any atom is -0.481 e. The van der Waals surface area contributed by atoms with Gasteiger partial charge in [-0.15, -0.1) is 0 Å². The van der Waals surface area contributed by atoms with Crippen LogP contribution in [-0.2, 0) is 9.59 Å². The minimum atomic E-state index is -0.955. The van der Waals surface area contributed by atoms with E-state index < -0.39 is 12.0 Å². The number of pyridine rings is 1. The van der Waals surface area contributed by atoms with E-state index in [1.165, 1.54) is 5.01 Å². The van der Waals surface area contributed by atoms with Crippen molar-refractivity contribution in [1.82, 2.24) is 9.99 Å². The van der Waals surface area contributed by atoms with Crippen LogP contribution in [0.4, 0.5) is 0 Å². The quantitative estimate of drug-likeness (QED) is 0.254. The zero-order chi connectivity index (χ0) is 26.8. The Kier molecular flexibility index (Phi) is 7.44. The van der Waals surface area contributed by atoms with Crippen molar-refractivity contribution in [2.45, 2.75) is 31.7 Å². The number of aromatic amines is 1. The number of hydrazone groups is 1. The number of hydrogen-bond donors (Lipinski definition) is 2. The lowest BCUT2D eigenvalue weighted by molar-refractivity contribution is -0.137. The van der Waals surface area contributed by atoms with Crippen LogP contribution in [0, 0.1) is 0 Å². The van der Waals surface area contributed by atoms with Gasteiger partial charge in [-0.1, -0.05) is 70.0 Å². The average Bonchev–Trinajstić information content (AvgIpc) is 3.34. The maximum atomic E-state index is 13.6. The number of nitrogens with one attached hydrogen (secondary N) is 1. The summed E-state index contributed by atoms with van der Waals surface area (Å²) >= 11 is 9.60. The molecule has 9 heteroatoms. The third-order valence-electron chi connectivity index (χ3n) is 6.55. The lowest BCUT2D eigenvalue weighted by atomic mass is 9.91. The smallest absolute Gasteiger partial charge is 0.303 e. The van der Waals surface area contributed by atoms with Crippen LogP contribution in [0.25, 0.3) is 22.0 Å². The molecule has 192 valence electrons. The van der Waals surface area contributed by atoms with E-state index in [2.05, 4.69) is 20.9 Å². The molecule has 0 saturated carbocycles. The highest BCUT2D eigenvalue weighted by Gasteiger charge is 2.35. The Morgan fingerprint density at radius 1 is 1.00 bits per heavy atom. The van der Waals surface area contributed by atoms with Crippen molar-refractivity contribution in [2.75, 3.05) is 0 Å². The fourth-order valence-electron chi connectivity index (χ4n) is 4.78. The molecule has 0 saturated heterocycles. The Hall–Kier alpha value is -3.75. The van der Waals surface area contributed by atoms with E-state index >= 15 is 0 Å². The Morgan fingerprint density at radius 3 is 2.42 bits per heavy atom. The van der Waals surface area contributed by atoms with Crippen molar-refractivity contribution in [1.29, 1.82) is 0 Å². The van der Waals surface area contributed by atoms with E-state index in [4.69, 9.17) is 21.8 Å². The number of halogens is 2. The molecule has 0 aliphatic carbocycles. The maximum Gasteiger partial charge on any atom is 0.303 e. The summed E-state index contributed by atoms with van der Waals surface area (Å²) in [5.74, 6) is -1.25. The Morgan fingerprint density at radius 2 is 1.71 bits per heavy atom. The van der Waals surface area contributed by atoms with Crippen LogP contribution in [0.3, 0.4) is 0 Å². The normalized spacial score (nSPS) is 15.1. The summed E-state index contributed by atoms with van der Waals surface area (Å²) in [4.78, 5) is 40.8. The third kappa shape index (κ3) is 5.28. The van der Waals surface area contributed by atoms with Gasteiger partial charge in [-0.2, -0.15) is 5.10 Å². The largest absolute Gasteiger partial charge is 0.481 e. The Labute approximate surface area is 231 Å². The zero-order valence-corrected chi connectivity index (χ0v) is 22.5. The number of carboxylic acids is 1. The first kappa shape index (κ1) is 25.9. The SMILES string of the molecule is O=C(O)CCCC(=O)N1N=C(c2c(-c3ccc(Cl)cc3)c3ccccc3[nH]c2=O)CC1c1ccc(Br)cc1. The predicted octanol–water partition coefficient (Wildman–Crippen LogP) is 6.54. The number of amides is 1. The standard InChI is InChI=1S/C29H23BrClN3O4/c30-19-12-8-17(9-13-19)24-16-23(33-34(24)25(35)6-3-7-26(36)37)28-27(18-10-14-20(31)15-11-18)21-4-1-2-5-22(21)32-29(28)38/h1-2,4-5,8-15,24H,3,6-7,16H2,(H,32,38)(H,36,37). The molecule has 2 heterocycles. The number of para-hydroxylation sites is 1. The number of carbonyl (C=O) groups excluding carboxylic acids is 1. The van der Waals surface area contributed by atoms with Crippen LogP contribution < -0.4 is 5.56 Å². The molecule has 1 unspecified atom stereocenters. The first-order valence-corrected chi connectivity index (χ1v) is 13.3. The second-order valence-electron chi connectivity index (χ2n) is 9.06. The van der Waals surface area contributed by atoms with Gasteiger partial charge in [0.1, 0.15) is 0 Å². The van der Waals surface area contributed by atoms with Crippen molar-refractivity contribution in [3.8, 4) is 11.1 Å². The van der Waals surface area contributed by atoms with E-state index in [9.17, 15) is 14.4 Å². The fourth-order valence-corrected chi connectivity index (χ4v) is 5.17. The van der Waals surface area contributed by atoms with Gasteiger partial charge in [0, 0.05) is 45.2 Å². The van der Waals surface area contributed by atoms with Gasteiger partial charge in [0.05, 0.1) is 17.3 Å². The monoisotopic (exact) mass is 591 g/mol. The highest BCUT2D eigenvalue weighted by molar-refractivity contribution is 9.10. The summed E-state index contributed by atoms with van der Waals surface area (Å²) in [6, 6.07) is 22.0. The van der Waals surface area contributed by atoms with Gasteiger partial charge in [0.15, 0.2) is 0 Å². The lowest BCUT2D eigenvalue weighted by Gasteiger charge is -2.22. The van der Waals surface area contributed by atoms with Crippen molar-refractivity contribution >= 4 is 56.0 Å². The van der Waals surface area contributed by atoms with Crippen LogP contribution in [-0.4, -0.2) is 32.7 Å². The fraction of sp³-hybridized carbons (Fsp3) is 0.172. The number of carbonyl (C=O) groups is 2. The maximum absolute atomic E-state index is 13.6. The summed E-state index contributed by atoms with van der Waals surface area (Å²) in [5.41, 5.74) is 3.66. The number of rotatable bonds is 7. The average molecular weight is 593 g/mol. The van der Waals surface area contributed by atoms with E-state index in [1.54, 1.807) is 12.1 Å². The molecule has 3 aromatic carbocycles. The van der Waals surface area contributed by atoms with Crippen LogP contribution in [0.15, 0.2) is 87.2 Å². The molecule has 0 radical (unpaired) electrons. The first-order valence-electron chi connectivity index (χ1n) is 12.1. The molecule has 4 aromatic rings. The summed E-state index contributed by atoms with van der Waals surface area (Å²) in [6.07, 6.45) is 0.460. The van der Waals surface area contributed by atoms with Gasteiger partial charge >= 0.3 is 5.97 Å². The summed E-state index contributed by atoms with van der Waals surface area (Å²) in [7, 11) is 0.